The molecule has 3 aromatic carbocycles. The number of aliphatic hydroxyl groups is 2. The molecule has 402 valence electrons. The molecule has 0 saturated carbocycles. The number of ether oxygens (including phenoxy) is 12. The maximum Gasteiger partial charge on any atom is 0.251 e. The number of hydrogen-bond acceptors (Lipinski definition) is 15. The van der Waals surface area contributed by atoms with Gasteiger partial charge in [0.15, 0.2) is 11.5 Å². The Labute approximate surface area is 424 Å². The van der Waals surface area contributed by atoms with Crippen molar-refractivity contribution in [3.8, 4) is 28.7 Å². The topological polar surface area (TPSA) is 180 Å². The molecule has 0 bridgehead atoms. The van der Waals surface area contributed by atoms with Crippen LogP contribution in [0, 0.1) is 11.8 Å². The Hall–Kier alpha value is -4.23. The number of aliphatic hydroxyl groups excluding tert-OH is 2. The van der Waals surface area contributed by atoms with Gasteiger partial charge in [-0.05, 0) is 60.1 Å². The molecule has 16 nitrogen and oxygen atoms in total. The summed E-state index contributed by atoms with van der Waals surface area (Å²) in [6, 6.07) is 19.1. The largest absolute Gasteiger partial charge is 0.493 e. The monoisotopic (exact) mass is 1000 g/mol. The highest BCUT2D eigenvalue weighted by Gasteiger charge is 2.20. The number of nitrogens with one attached hydrogen (secondary N) is 1. The molecule has 1 unspecified atom stereocenters. The Balaban J connectivity index is 1.77. The van der Waals surface area contributed by atoms with Crippen LogP contribution >= 0.6 is 0 Å². The van der Waals surface area contributed by atoms with Crippen molar-refractivity contribution in [3.05, 3.63) is 77.4 Å². The summed E-state index contributed by atoms with van der Waals surface area (Å²) in [5.41, 5.74) is 2.23. The Kier molecular flexibility index (Phi) is 35.5. The number of carbonyl (C=O) groups excluding carboxylic acids is 1. The maximum atomic E-state index is 14.1. The molecular formula is C55H87NO15. The fourth-order valence-corrected chi connectivity index (χ4v) is 7.07. The van der Waals surface area contributed by atoms with Gasteiger partial charge in [-0.2, -0.15) is 0 Å². The number of hydrogen-bond donors (Lipinski definition) is 3. The van der Waals surface area contributed by atoms with Crippen molar-refractivity contribution < 1.29 is 71.8 Å². The molecule has 0 aliphatic heterocycles. The lowest BCUT2D eigenvalue weighted by Gasteiger charge is -2.20. The van der Waals surface area contributed by atoms with E-state index in [1.54, 1.807) is 12.1 Å². The summed E-state index contributed by atoms with van der Waals surface area (Å²) in [6.45, 7) is 15.1. The van der Waals surface area contributed by atoms with Crippen molar-refractivity contribution in [3.63, 3.8) is 0 Å². The van der Waals surface area contributed by atoms with E-state index in [1.165, 1.54) is 0 Å². The molecule has 1 amide bonds. The van der Waals surface area contributed by atoms with Crippen LogP contribution in [0.25, 0.3) is 0 Å². The lowest BCUT2D eigenvalue weighted by atomic mass is 10.0. The van der Waals surface area contributed by atoms with E-state index < -0.39 is 0 Å². The number of amides is 1. The van der Waals surface area contributed by atoms with Gasteiger partial charge in [0.1, 0.15) is 31.3 Å². The van der Waals surface area contributed by atoms with Crippen molar-refractivity contribution in [2.45, 2.75) is 92.2 Å². The molecular weight excluding hydrogens is 915 g/mol. The molecule has 0 fully saturated rings. The standard InChI is InChI=1S/C55H87NO15/c1-5-9-14-45(7-3)43-70-50-36-48(37-51(40-50)71-44-46(8-4)15-10-6-2)41-56-55(59)49-38-52(67-33-30-63-24-22-60-20-18-57)54(53(39-49)68-34-31-64-25-23-61-21-19-58)69-35-32-65-27-26-62-28-29-66-42-47-16-12-11-13-17-47/h11-13,16-17,36-40,45-46,57-58H,5-10,14-15,18-35,41-44H2,1-4H3,(H,56,59)/t45-,46?/m1/s1. The van der Waals surface area contributed by atoms with Crippen LogP contribution < -0.4 is 29.0 Å². The minimum Gasteiger partial charge on any atom is -0.493 e. The maximum absolute atomic E-state index is 14.1. The number of rotatable bonds is 47. The quantitative estimate of drug-likeness (QED) is 0.0460. The van der Waals surface area contributed by atoms with Gasteiger partial charge >= 0.3 is 0 Å². The van der Waals surface area contributed by atoms with Crippen LogP contribution in [-0.2, 0) is 46.3 Å². The summed E-state index contributed by atoms with van der Waals surface area (Å²) in [6.07, 6.45) is 8.90. The van der Waals surface area contributed by atoms with Crippen molar-refractivity contribution in [2.75, 3.05) is 132 Å². The van der Waals surface area contributed by atoms with Crippen LogP contribution in [0.5, 0.6) is 28.7 Å². The van der Waals surface area contributed by atoms with Gasteiger partial charge < -0.3 is 72.4 Å². The molecule has 3 aromatic rings. The second kappa shape index (κ2) is 41.3. The van der Waals surface area contributed by atoms with E-state index >= 15 is 0 Å². The van der Waals surface area contributed by atoms with E-state index in [0.29, 0.717) is 96.0 Å². The fraction of sp³-hybridized carbons (Fsp3) is 0.655. The van der Waals surface area contributed by atoms with Gasteiger partial charge in [-0.1, -0.05) is 96.6 Å². The summed E-state index contributed by atoms with van der Waals surface area (Å²) in [4.78, 5) is 14.1. The molecule has 0 aliphatic rings. The minimum atomic E-state index is -0.361. The average Bonchev–Trinajstić information content (AvgIpc) is 3.39. The van der Waals surface area contributed by atoms with Gasteiger partial charge in [0.25, 0.3) is 5.91 Å². The third-order valence-corrected chi connectivity index (χ3v) is 11.2. The summed E-state index contributed by atoms with van der Waals surface area (Å²) in [5, 5.41) is 21.1. The van der Waals surface area contributed by atoms with Gasteiger partial charge in [0.05, 0.1) is 119 Å². The van der Waals surface area contributed by atoms with Gasteiger partial charge in [0, 0.05) is 18.2 Å². The molecule has 0 radical (unpaired) electrons. The van der Waals surface area contributed by atoms with Gasteiger partial charge in [-0.15, -0.1) is 0 Å². The summed E-state index contributed by atoms with van der Waals surface area (Å²) in [7, 11) is 0. The molecule has 0 spiro atoms. The minimum absolute atomic E-state index is 0.0668. The third kappa shape index (κ3) is 28.6. The molecule has 0 heterocycles. The van der Waals surface area contributed by atoms with Crippen LogP contribution in [0.15, 0.2) is 60.7 Å². The number of carbonyl (C=O) groups is 1. The zero-order valence-electron chi connectivity index (χ0n) is 43.3. The second-order valence-electron chi connectivity index (χ2n) is 17.0. The van der Waals surface area contributed by atoms with Crippen molar-refractivity contribution in [2.24, 2.45) is 11.8 Å². The molecule has 71 heavy (non-hydrogen) atoms. The fourth-order valence-electron chi connectivity index (χ4n) is 7.07. The first-order valence-corrected chi connectivity index (χ1v) is 26.0. The highest BCUT2D eigenvalue weighted by atomic mass is 16.6. The average molecular weight is 1000 g/mol. The Bertz CT molecular complexity index is 1670. The third-order valence-electron chi connectivity index (χ3n) is 11.2. The summed E-state index contributed by atoms with van der Waals surface area (Å²) >= 11 is 0. The van der Waals surface area contributed by atoms with Crippen molar-refractivity contribution in [1.29, 1.82) is 0 Å². The zero-order chi connectivity index (χ0) is 50.8. The molecule has 0 aromatic heterocycles. The predicted octanol–water partition coefficient (Wildman–Crippen LogP) is 8.24. The van der Waals surface area contributed by atoms with Crippen LogP contribution in [-0.4, -0.2) is 148 Å². The normalized spacial score (nSPS) is 12.1. The SMILES string of the molecule is CCCCC(CC)COc1cc(CNC(=O)c2cc(OCCOCCOCCO)c(OCCOCCOCCOCc3ccccc3)c(OCCOCCOCCO)c2)cc(OC[C@H](CC)CCCC)c1. The number of unbranched alkanes of at least 4 members (excludes halogenated alkanes) is 2. The lowest BCUT2D eigenvalue weighted by Crippen LogP contribution is -2.23. The highest BCUT2D eigenvalue weighted by molar-refractivity contribution is 5.95. The van der Waals surface area contributed by atoms with Crippen LogP contribution in [0.1, 0.15) is 101 Å². The number of benzene rings is 3. The molecule has 0 saturated heterocycles. The van der Waals surface area contributed by atoms with Crippen molar-refractivity contribution in [1.82, 2.24) is 5.32 Å². The van der Waals surface area contributed by atoms with E-state index in [2.05, 4.69) is 33.0 Å². The smallest absolute Gasteiger partial charge is 0.251 e. The Morgan fingerprint density at radius 3 is 1.38 bits per heavy atom. The summed E-state index contributed by atoms with van der Waals surface area (Å²) in [5.74, 6) is 2.79. The summed E-state index contributed by atoms with van der Waals surface area (Å²) < 4.78 is 70.8. The molecule has 2 atom stereocenters. The molecule has 16 heteroatoms. The molecule has 3 N–H and O–H groups in total. The van der Waals surface area contributed by atoms with Gasteiger partial charge in [0.2, 0.25) is 5.75 Å². The van der Waals surface area contributed by atoms with E-state index in [0.717, 1.165) is 62.5 Å². The first-order valence-electron chi connectivity index (χ1n) is 26.0. The van der Waals surface area contributed by atoms with Crippen LogP contribution in [0.4, 0.5) is 0 Å². The van der Waals surface area contributed by atoms with Crippen LogP contribution in [0.3, 0.4) is 0 Å². The first kappa shape index (κ1) is 61.1. The molecule has 3 rings (SSSR count). The van der Waals surface area contributed by atoms with E-state index in [4.69, 9.17) is 67.1 Å². The van der Waals surface area contributed by atoms with Gasteiger partial charge in [-0.25, -0.2) is 0 Å². The lowest BCUT2D eigenvalue weighted by molar-refractivity contribution is 0.00540. The zero-order valence-corrected chi connectivity index (χ0v) is 43.3. The van der Waals surface area contributed by atoms with E-state index in [-0.39, 0.29) is 101 Å². The Morgan fingerprint density at radius 1 is 0.493 bits per heavy atom. The van der Waals surface area contributed by atoms with Crippen molar-refractivity contribution >= 4 is 5.91 Å². The van der Waals surface area contributed by atoms with E-state index in [9.17, 15) is 4.79 Å². The molecule has 0 aliphatic carbocycles. The predicted molar refractivity (Wildman–Crippen MR) is 273 cm³/mol. The van der Waals surface area contributed by atoms with E-state index in [1.807, 2.05) is 48.5 Å². The highest BCUT2D eigenvalue weighted by Crippen LogP contribution is 2.39. The first-order chi connectivity index (χ1) is 34.9. The Morgan fingerprint density at radius 2 is 0.930 bits per heavy atom. The van der Waals surface area contributed by atoms with Gasteiger partial charge in [-0.3, -0.25) is 4.79 Å². The second-order valence-corrected chi connectivity index (χ2v) is 17.0. The van der Waals surface area contributed by atoms with Crippen LogP contribution in [0.2, 0.25) is 0 Å².